The van der Waals surface area contributed by atoms with E-state index >= 15 is 0 Å². The van der Waals surface area contributed by atoms with Gasteiger partial charge in [-0.15, -0.1) is 0 Å². The standard InChI is InChI=1S/C20H17ClN2O6S2/c21-15-10-12(23(27)28)5-7-14(15)16-8-6-13(29-16)11-17-19(26)22(20(30)31-17)9-3-1-2-4-18(24)25/h5-8,10-11H,1-4,9H2,(H,24,25)/p-1/b17-11-. The van der Waals surface area contributed by atoms with E-state index in [4.69, 9.17) is 28.2 Å². The molecular formula is C20H16ClN2O6S2-. The van der Waals surface area contributed by atoms with E-state index in [2.05, 4.69) is 0 Å². The summed E-state index contributed by atoms with van der Waals surface area (Å²) in [5.41, 5.74) is 0.375. The number of carboxylic acid groups (broad SMARTS) is 1. The summed E-state index contributed by atoms with van der Waals surface area (Å²) in [6.07, 6.45) is 3.36. The van der Waals surface area contributed by atoms with Gasteiger partial charge < -0.3 is 14.3 Å². The summed E-state index contributed by atoms with van der Waals surface area (Å²) >= 11 is 12.6. The number of nitro groups is 1. The van der Waals surface area contributed by atoms with E-state index in [0.29, 0.717) is 52.1 Å². The fourth-order valence-electron chi connectivity index (χ4n) is 2.93. The van der Waals surface area contributed by atoms with Gasteiger partial charge in [-0.3, -0.25) is 19.8 Å². The average Bonchev–Trinajstić information content (AvgIpc) is 3.27. The van der Waals surface area contributed by atoms with Gasteiger partial charge in [-0.1, -0.05) is 42.0 Å². The van der Waals surface area contributed by atoms with Crippen LogP contribution in [0, 0.1) is 10.1 Å². The van der Waals surface area contributed by atoms with E-state index in [1.807, 2.05) is 0 Å². The molecule has 1 aromatic carbocycles. The lowest BCUT2D eigenvalue weighted by Gasteiger charge is -2.14. The predicted octanol–water partition coefficient (Wildman–Crippen LogP) is 4.02. The van der Waals surface area contributed by atoms with Crippen molar-refractivity contribution in [1.82, 2.24) is 4.90 Å². The first kappa shape index (κ1) is 23.0. The fraction of sp³-hybridized carbons (Fsp3) is 0.250. The molecule has 0 radical (unpaired) electrons. The number of nitro benzene ring substituents is 1. The highest BCUT2D eigenvalue weighted by Crippen LogP contribution is 2.35. The Balaban J connectivity index is 1.67. The van der Waals surface area contributed by atoms with Crippen LogP contribution in [0.5, 0.6) is 0 Å². The summed E-state index contributed by atoms with van der Waals surface area (Å²) in [6, 6.07) is 7.41. The topological polar surface area (TPSA) is 117 Å². The molecule has 0 atom stereocenters. The van der Waals surface area contributed by atoms with Crippen molar-refractivity contribution < 1.29 is 24.0 Å². The number of carbonyl (C=O) groups is 2. The van der Waals surface area contributed by atoms with Crippen LogP contribution in [0.25, 0.3) is 17.4 Å². The summed E-state index contributed by atoms with van der Waals surface area (Å²) in [4.78, 5) is 35.3. The van der Waals surface area contributed by atoms with Crippen molar-refractivity contribution in [3.63, 3.8) is 0 Å². The molecule has 0 unspecified atom stereocenters. The maximum absolute atomic E-state index is 12.6. The van der Waals surface area contributed by atoms with E-state index in [-0.39, 0.29) is 23.0 Å². The van der Waals surface area contributed by atoms with Crippen molar-refractivity contribution >= 4 is 63.5 Å². The number of rotatable bonds is 9. The Morgan fingerprint density at radius 1 is 1.26 bits per heavy atom. The summed E-state index contributed by atoms with van der Waals surface area (Å²) in [5.74, 6) is -0.490. The Kier molecular flexibility index (Phi) is 7.47. The zero-order valence-electron chi connectivity index (χ0n) is 16.0. The van der Waals surface area contributed by atoms with Crippen LogP contribution in [-0.2, 0) is 9.59 Å². The van der Waals surface area contributed by atoms with Crippen molar-refractivity contribution in [1.29, 1.82) is 0 Å². The maximum atomic E-state index is 12.6. The van der Waals surface area contributed by atoms with E-state index in [0.717, 1.165) is 11.8 Å². The van der Waals surface area contributed by atoms with E-state index < -0.39 is 10.9 Å². The molecule has 162 valence electrons. The van der Waals surface area contributed by atoms with E-state index in [1.165, 1.54) is 23.1 Å². The third-order valence-corrected chi connectivity index (χ3v) is 6.16. The van der Waals surface area contributed by atoms with Crippen LogP contribution in [0.2, 0.25) is 5.02 Å². The molecule has 0 aliphatic carbocycles. The van der Waals surface area contributed by atoms with Crippen LogP contribution in [0.15, 0.2) is 39.7 Å². The van der Waals surface area contributed by atoms with Crippen molar-refractivity contribution in [2.75, 3.05) is 6.54 Å². The maximum Gasteiger partial charge on any atom is 0.270 e. The number of carboxylic acids is 1. The zero-order valence-corrected chi connectivity index (χ0v) is 18.4. The molecule has 1 amide bonds. The van der Waals surface area contributed by atoms with Gasteiger partial charge in [0.15, 0.2) is 0 Å². The van der Waals surface area contributed by atoms with Crippen LogP contribution in [0.4, 0.5) is 5.69 Å². The highest BCUT2D eigenvalue weighted by atomic mass is 35.5. The first-order chi connectivity index (χ1) is 14.8. The molecule has 1 aliphatic heterocycles. The van der Waals surface area contributed by atoms with Crippen LogP contribution < -0.4 is 5.11 Å². The Bertz CT molecular complexity index is 1080. The van der Waals surface area contributed by atoms with Crippen molar-refractivity contribution in [2.45, 2.75) is 25.7 Å². The quantitative estimate of drug-likeness (QED) is 0.174. The number of aliphatic carboxylic acids is 1. The molecule has 1 saturated heterocycles. The second kappa shape index (κ2) is 10.1. The summed E-state index contributed by atoms with van der Waals surface area (Å²) in [5, 5.41) is 21.5. The van der Waals surface area contributed by atoms with Gasteiger partial charge in [-0.2, -0.15) is 0 Å². The fourth-order valence-corrected chi connectivity index (χ4v) is 4.49. The molecule has 0 bridgehead atoms. The molecule has 2 heterocycles. The molecule has 1 fully saturated rings. The highest BCUT2D eigenvalue weighted by molar-refractivity contribution is 8.26. The molecular weight excluding hydrogens is 464 g/mol. The van der Waals surface area contributed by atoms with Crippen LogP contribution in [0.3, 0.4) is 0 Å². The third kappa shape index (κ3) is 5.72. The summed E-state index contributed by atoms with van der Waals surface area (Å²) in [7, 11) is 0. The second-order valence-corrected chi connectivity index (χ2v) is 8.72. The van der Waals surface area contributed by atoms with Crippen molar-refractivity contribution in [2.24, 2.45) is 0 Å². The number of amides is 1. The lowest BCUT2D eigenvalue weighted by molar-refractivity contribution is -0.384. The average molecular weight is 480 g/mol. The Morgan fingerprint density at radius 3 is 2.71 bits per heavy atom. The molecule has 1 aliphatic rings. The first-order valence-electron chi connectivity index (χ1n) is 9.25. The number of thiocarbonyl (C=S) groups is 1. The van der Waals surface area contributed by atoms with Gasteiger partial charge in [-0.25, -0.2) is 0 Å². The SMILES string of the molecule is O=C([O-])CCCCCN1C(=O)/C(=C/c2ccc(-c3ccc([N+](=O)[O-])cc3Cl)o2)SC1=S. The minimum atomic E-state index is -1.08. The van der Waals surface area contributed by atoms with Crippen molar-refractivity contribution in [3.05, 3.63) is 56.1 Å². The van der Waals surface area contributed by atoms with Crippen LogP contribution in [0.1, 0.15) is 31.4 Å². The normalized spacial score (nSPS) is 15.1. The third-order valence-electron chi connectivity index (χ3n) is 4.47. The first-order valence-corrected chi connectivity index (χ1v) is 10.9. The summed E-state index contributed by atoms with van der Waals surface area (Å²) < 4.78 is 6.18. The molecule has 1 aromatic heterocycles. The van der Waals surface area contributed by atoms with Gasteiger partial charge in [-0.05, 0) is 37.5 Å². The molecule has 0 spiro atoms. The molecule has 0 saturated carbocycles. The van der Waals surface area contributed by atoms with Gasteiger partial charge in [0.1, 0.15) is 15.8 Å². The minimum Gasteiger partial charge on any atom is -0.550 e. The summed E-state index contributed by atoms with van der Waals surface area (Å²) in [6.45, 7) is 0.414. The molecule has 2 aromatic rings. The minimum absolute atomic E-state index is 0.00208. The Morgan fingerprint density at radius 2 is 2.03 bits per heavy atom. The molecule has 8 nitrogen and oxygen atoms in total. The lowest BCUT2D eigenvalue weighted by Crippen LogP contribution is -2.29. The Hall–Kier alpha value is -2.69. The Labute approximate surface area is 192 Å². The number of non-ortho nitro benzene ring substituents is 1. The predicted molar refractivity (Wildman–Crippen MR) is 119 cm³/mol. The number of unbranched alkanes of at least 4 members (excludes halogenated alkanes) is 2. The highest BCUT2D eigenvalue weighted by Gasteiger charge is 2.31. The van der Waals surface area contributed by atoms with Crippen LogP contribution in [-0.4, -0.2) is 32.6 Å². The number of benzene rings is 1. The number of thioether (sulfide) groups is 1. The van der Waals surface area contributed by atoms with E-state index in [1.54, 1.807) is 18.2 Å². The number of halogens is 1. The molecule has 0 N–H and O–H groups in total. The number of nitrogens with zero attached hydrogens (tertiary/aromatic N) is 2. The van der Waals surface area contributed by atoms with Gasteiger partial charge in [0, 0.05) is 36.3 Å². The number of hydrogen-bond donors (Lipinski definition) is 0. The molecule has 3 rings (SSSR count). The molecule has 11 heteroatoms. The monoisotopic (exact) mass is 479 g/mol. The number of carbonyl (C=O) groups excluding carboxylic acids is 2. The smallest absolute Gasteiger partial charge is 0.270 e. The van der Waals surface area contributed by atoms with E-state index in [9.17, 15) is 24.8 Å². The van der Waals surface area contributed by atoms with Gasteiger partial charge >= 0.3 is 0 Å². The van der Waals surface area contributed by atoms with Crippen molar-refractivity contribution in [3.8, 4) is 11.3 Å². The number of furan rings is 1. The van der Waals surface area contributed by atoms with Gasteiger partial charge in [0.25, 0.3) is 11.6 Å². The zero-order chi connectivity index (χ0) is 22.5. The van der Waals surface area contributed by atoms with Gasteiger partial charge in [0.2, 0.25) is 0 Å². The van der Waals surface area contributed by atoms with Gasteiger partial charge in [0.05, 0.1) is 14.9 Å². The largest absolute Gasteiger partial charge is 0.550 e. The lowest BCUT2D eigenvalue weighted by atomic mass is 10.1. The molecule has 31 heavy (non-hydrogen) atoms. The number of hydrogen-bond acceptors (Lipinski definition) is 8. The second-order valence-electron chi connectivity index (χ2n) is 6.64. The van der Waals surface area contributed by atoms with Crippen LogP contribution >= 0.6 is 35.6 Å².